The zero-order valence-corrected chi connectivity index (χ0v) is 47.1. The molecule has 0 aromatic heterocycles. The summed E-state index contributed by atoms with van der Waals surface area (Å²) < 4.78 is 34.2. The van der Waals surface area contributed by atoms with Gasteiger partial charge in [0.25, 0.3) is 0 Å². The van der Waals surface area contributed by atoms with Gasteiger partial charge < -0.3 is 89.9 Å². The van der Waals surface area contributed by atoms with Crippen LogP contribution in [0.3, 0.4) is 0 Å². The predicted octanol–water partition coefficient (Wildman–Crippen LogP) is 4.81. The third-order valence-electron chi connectivity index (χ3n) is 14.2. The molecule has 12 N–H and O–H groups in total. The number of carbonyl (C=O) groups is 1. The number of amides is 1. The van der Waals surface area contributed by atoms with Gasteiger partial charge in [0, 0.05) is 6.42 Å². The highest BCUT2D eigenvalue weighted by atomic mass is 16.8. The largest absolute Gasteiger partial charge is 0.394 e. The molecule has 17 unspecified atom stereocenters. The average Bonchev–Trinajstić information content (AvgIpc) is 3.47. The Hall–Kier alpha value is -3.03. The van der Waals surface area contributed by atoms with E-state index in [0.717, 1.165) is 70.6 Å². The lowest BCUT2D eigenvalue weighted by atomic mass is 9.96. The van der Waals surface area contributed by atoms with Crippen LogP contribution < -0.4 is 5.32 Å². The van der Waals surface area contributed by atoms with E-state index < -0.39 is 124 Å². The fraction of sp³-hybridized carbons (Fsp3) is 0.750. The van der Waals surface area contributed by atoms with Crippen LogP contribution in [0.1, 0.15) is 155 Å². The number of aliphatic hydroxyl groups is 11. The summed E-state index contributed by atoms with van der Waals surface area (Å²) in [6, 6.07) is -1.01. The standard InChI is InChI=1S/C60H101NO18/c1-3-5-7-9-11-13-15-17-19-20-21-22-24-26-28-30-32-34-36-38-48(66)61-43(44(65)37-35-33-31-29-27-25-23-18-16-14-12-10-8-6-4-2)42-74-58-54(72)51(69)56(46(40-63)76-58)79-60-55(73)52(70)57(47(41-64)77-60)78-59-53(71)50(68)49(67)45(39-62)75-59/h5,7,11,13,17,19,21-22,26-29,35,37,43-47,49-60,62-65,67-73H,3-4,6,8-10,12,14-16,18,20,23-25,30-34,36,38-42H2,1-2H3,(H,61,66)/b7-5-,13-11-,19-17-,22-21-,28-26-,29-27+,37-35+. The van der Waals surface area contributed by atoms with Gasteiger partial charge in [0.2, 0.25) is 5.91 Å². The van der Waals surface area contributed by atoms with Gasteiger partial charge in [-0.2, -0.15) is 0 Å². The number of rotatable bonds is 41. The first-order valence-electron chi connectivity index (χ1n) is 29.3. The van der Waals surface area contributed by atoms with Crippen molar-refractivity contribution in [3.05, 3.63) is 85.1 Å². The highest BCUT2D eigenvalue weighted by Gasteiger charge is 2.53. The molecule has 0 bridgehead atoms. The van der Waals surface area contributed by atoms with E-state index in [4.69, 9.17) is 28.4 Å². The Balaban J connectivity index is 1.54. The van der Waals surface area contributed by atoms with Crippen molar-refractivity contribution in [3.63, 3.8) is 0 Å². The first-order valence-corrected chi connectivity index (χ1v) is 29.3. The van der Waals surface area contributed by atoms with E-state index >= 15 is 0 Å². The van der Waals surface area contributed by atoms with Crippen LogP contribution in [0.4, 0.5) is 0 Å². The Morgan fingerprint density at radius 1 is 0.468 bits per heavy atom. The minimum absolute atomic E-state index is 0.191. The average molecular weight is 1120 g/mol. The summed E-state index contributed by atoms with van der Waals surface area (Å²) in [5.74, 6) is -0.322. The van der Waals surface area contributed by atoms with E-state index in [-0.39, 0.29) is 18.9 Å². The number of hydrogen-bond donors (Lipinski definition) is 12. The topological polar surface area (TPSA) is 307 Å². The van der Waals surface area contributed by atoms with Gasteiger partial charge in [-0.05, 0) is 77.0 Å². The smallest absolute Gasteiger partial charge is 0.220 e. The number of unbranched alkanes of at least 4 members (excludes halogenated alkanes) is 13. The summed E-state index contributed by atoms with van der Waals surface area (Å²) in [6.45, 7) is 1.53. The summed E-state index contributed by atoms with van der Waals surface area (Å²) in [4.78, 5) is 13.3. The normalized spacial score (nSPS) is 30.9. The van der Waals surface area contributed by atoms with Crippen LogP contribution in [-0.4, -0.2) is 193 Å². The Morgan fingerprint density at radius 3 is 1.42 bits per heavy atom. The summed E-state index contributed by atoms with van der Waals surface area (Å²) in [7, 11) is 0. The van der Waals surface area contributed by atoms with Crippen molar-refractivity contribution in [1.29, 1.82) is 0 Å². The molecule has 3 fully saturated rings. The molecule has 3 saturated heterocycles. The van der Waals surface area contributed by atoms with E-state index in [0.29, 0.717) is 12.8 Å². The van der Waals surface area contributed by atoms with Crippen molar-refractivity contribution in [2.75, 3.05) is 26.4 Å². The van der Waals surface area contributed by atoms with Gasteiger partial charge in [-0.1, -0.05) is 157 Å². The van der Waals surface area contributed by atoms with Gasteiger partial charge in [0.1, 0.15) is 73.2 Å². The van der Waals surface area contributed by atoms with E-state index in [1.54, 1.807) is 6.08 Å². The molecule has 3 aliphatic heterocycles. The molecule has 0 radical (unpaired) electrons. The molecule has 0 spiro atoms. The molecular formula is C60H101NO18. The molecule has 3 rings (SSSR count). The second-order valence-corrected chi connectivity index (χ2v) is 20.7. The van der Waals surface area contributed by atoms with Crippen molar-refractivity contribution < 1.29 is 89.4 Å². The van der Waals surface area contributed by atoms with E-state index in [1.807, 2.05) is 6.08 Å². The van der Waals surface area contributed by atoms with Gasteiger partial charge in [0.15, 0.2) is 18.9 Å². The van der Waals surface area contributed by atoms with Crippen molar-refractivity contribution in [3.8, 4) is 0 Å². The lowest BCUT2D eigenvalue weighted by Crippen LogP contribution is -2.66. The minimum atomic E-state index is -1.99. The quantitative estimate of drug-likeness (QED) is 0.0289. The third-order valence-corrected chi connectivity index (χ3v) is 14.2. The molecule has 3 heterocycles. The number of hydrogen-bond acceptors (Lipinski definition) is 18. The molecule has 454 valence electrons. The molecular weight excluding hydrogens is 1020 g/mol. The summed E-state index contributed by atoms with van der Waals surface area (Å²) in [5.41, 5.74) is 0. The zero-order chi connectivity index (χ0) is 57.6. The minimum Gasteiger partial charge on any atom is -0.394 e. The Labute approximate surface area is 470 Å². The molecule has 0 aliphatic carbocycles. The molecule has 0 aromatic carbocycles. The molecule has 19 nitrogen and oxygen atoms in total. The second-order valence-electron chi connectivity index (χ2n) is 20.7. The molecule has 0 saturated carbocycles. The van der Waals surface area contributed by atoms with Crippen molar-refractivity contribution in [2.24, 2.45) is 0 Å². The van der Waals surface area contributed by atoms with Crippen LogP contribution in [0, 0.1) is 0 Å². The molecule has 79 heavy (non-hydrogen) atoms. The summed E-state index contributed by atoms with van der Waals surface area (Å²) in [5, 5.41) is 120. The molecule has 0 aromatic rings. The Bertz CT molecular complexity index is 1770. The lowest BCUT2D eigenvalue weighted by Gasteiger charge is -2.48. The van der Waals surface area contributed by atoms with Crippen LogP contribution in [0.2, 0.25) is 0 Å². The van der Waals surface area contributed by atoms with Gasteiger partial charge >= 0.3 is 0 Å². The van der Waals surface area contributed by atoms with Gasteiger partial charge in [-0.3, -0.25) is 4.79 Å². The first kappa shape index (κ1) is 70.2. The molecule has 17 atom stereocenters. The maximum Gasteiger partial charge on any atom is 0.220 e. The number of aliphatic hydroxyl groups excluding tert-OH is 11. The number of nitrogens with one attached hydrogen (secondary N) is 1. The van der Waals surface area contributed by atoms with E-state index in [9.17, 15) is 61.0 Å². The van der Waals surface area contributed by atoms with E-state index in [1.165, 1.54) is 51.4 Å². The van der Waals surface area contributed by atoms with Crippen molar-refractivity contribution in [1.82, 2.24) is 5.32 Å². The van der Waals surface area contributed by atoms with Gasteiger partial charge in [-0.25, -0.2) is 0 Å². The number of ether oxygens (including phenoxy) is 6. The fourth-order valence-corrected chi connectivity index (χ4v) is 9.35. The molecule has 19 heteroatoms. The Kier molecular flexibility index (Phi) is 38.0. The van der Waals surface area contributed by atoms with E-state index in [2.05, 4.69) is 92.1 Å². The van der Waals surface area contributed by atoms with Crippen molar-refractivity contribution >= 4 is 5.91 Å². The van der Waals surface area contributed by atoms with Crippen LogP contribution in [-0.2, 0) is 33.2 Å². The van der Waals surface area contributed by atoms with Crippen molar-refractivity contribution in [2.45, 2.75) is 259 Å². The van der Waals surface area contributed by atoms with Crippen LogP contribution in [0.5, 0.6) is 0 Å². The number of carbonyl (C=O) groups excluding carboxylic acids is 1. The maximum absolute atomic E-state index is 13.3. The SMILES string of the molecule is CC/C=C\C/C=C\C/C=C\C/C=C\C/C=C\CCCCCC(=O)NC(COC1OC(CO)C(OC2OC(CO)C(OC3OC(CO)C(O)C(O)C3O)C(O)C2O)C(O)C1O)C(O)/C=C/CC/C=C/CCCCCCCCCCC. The first-order chi connectivity index (χ1) is 38.3. The summed E-state index contributed by atoms with van der Waals surface area (Å²) >= 11 is 0. The third kappa shape index (κ3) is 26.8. The predicted molar refractivity (Wildman–Crippen MR) is 300 cm³/mol. The van der Waals surface area contributed by atoms with Crippen LogP contribution >= 0.6 is 0 Å². The fourth-order valence-electron chi connectivity index (χ4n) is 9.35. The van der Waals surface area contributed by atoms with Crippen LogP contribution in [0.25, 0.3) is 0 Å². The highest BCUT2D eigenvalue weighted by Crippen LogP contribution is 2.33. The second kappa shape index (κ2) is 42.7. The molecule has 3 aliphatic rings. The Morgan fingerprint density at radius 2 is 0.886 bits per heavy atom. The number of allylic oxidation sites excluding steroid dienone is 13. The lowest BCUT2D eigenvalue weighted by molar-refractivity contribution is -0.379. The highest BCUT2D eigenvalue weighted by molar-refractivity contribution is 5.76. The summed E-state index contributed by atoms with van der Waals surface area (Å²) in [6.07, 6.45) is 24.2. The molecule has 1 amide bonds. The van der Waals surface area contributed by atoms with Gasteiger partial charge in [-0.15, -0.1) is 0 Å². The maximum atomic E-state index is 13.3. The van der Waals surface area contributed by atoms with Crippen LogP contribution in [0.15, 0.2) is 85.1 Å². The van der Waals surface area contributed by atoms with Gasteiger partial charge in [0.05, 0.1) is 38.6 Å². The zero-order valence-electron chi connectivity index (χ0n) is 47.1. The monoisotopic (exact) mass is 1120 g/mol.